The molecule has 0 spiro atoms. The standard InChI is InChI=1S/C14H21BrN2O2/c1-18-11-12-13(15)3-2-4-14(12)16-5-6-17-7-9-19-10-8-17/h2-4,16H,5-11H2,1H3. The highest BCUT2D eigenvalue weighted by molar-refractivity contribution is 9.10. The van der Waals surface area contributed by atoms with Crippen molar-refractivity contribution >= 4 is 21.6 Å². The van der Waals surface area contributed by atoms with Crippen LogP contribution in [-0.4, -0.2) is 51.4 Å². The van der Waals surface area contributed by atoms with Crippen LogP contribution in [0.5, 0.6) is 0 Å². The number of morpholine rings is 1. The molecule has 1 fully saturated rings. The maximum atomic E-state index is 5.35. The Morgan fingerprint density at radius 2 is 2.16 bits per heavy atom. The summed E-state index contributed by atoms with van der Waals surface area (Å²) in [6.45, 7) is 6.37. The summed E-state index contributed by atoms with van der Waals surface area (Å²) in [5.41, 5.74) is 2.32. The van der Waals surface area contributed by atoms with E-state index in [0.717, 1.165) is 49.6 Å². The van der Waals surface area contributed by atoms with Crippen LogP contribution in [0.4, 0.5) is 5.69 Å². The van der Waals surface area contributed by atoms with Gasteiger partial charge in [0.1, 0.15) is 0 Å². The minimum Gasteiger partial charge on any atom is -0.383 e. The second-order valence-electron chi connectivity index (χ2n) is 4.58. The van der Waals surface area contributed by atoms with Crippen molar-refractivity contribution < 1.29 is 9.47 Å². The highest BCUT2D eigenvalue weighted by Crippen LogP contribution is 2.25. The third-order valence-corrected chi connectivity index (χ3v) is 4.00. The van der Waals surface area contributed by atoms with Gasteiger partial charge in [0.15, 0.2) is 0 Å². The fourth-order valence-corrected chi connectivity index (χ4v) is 2.67. The average molecular weight is 329 g/mol. The van der Waals surface area contributed by atoms with Gasteiger partial charge in [0.2, 0.25) is 0 Å². The third kappa shape index (κ3) is 4.45. The molecule has 1 aliphatic rings. The summed E-state index contributed by atoms with van der Waals surface area (Å²) in [7, 11) is 1.72. The van der Waals surface area contributed by atoms with Crippen LogP contribution < -0.4 is 5.32 Å². The SMILES string of the molecule is COCc1c(Br)cccc1NCCN1CCOCC1. The lowest BCUT2D eigenvalue weighted by Crippen LogP contribution is -2.39. The molecule has 1 N–H and O–H groups in total. The van der Waals surface area contributed by atoms with Crippen LogP contribution in [0.2, 0.25) is 0 Å². The second-order valence-corrected chi connectivity index (χ2v) is 5.43. The van der Waals surface area contributed by atoms with Gasteiger partial charge in [0.25, 0.3) is 0 Å². The van der Waals surface area contributed by atoms with Gasteiger partial charge in [0, 0.05) is 49.0 Å². The number of anilines is 1. The van der Waals surface area contributed by atoms with Crippen molar-refractivity contribution in [2.45, 2.75) is 6.61 Å². The van der Waals surface area contributed by atoms with Crippen molar-refractivity contribution in [2.24, 2.45) is 0 Å². The third-order valence-electron chi connectivity index (χ3n) is 3.25. The number of rotatable bonds is 6. The Balaban J connectivity index is 1.86. The molecule has 0 bridgehead atoms. The average Bonchev–Trinajstić information content (AvgIpc) is 2.44. The maximum absolute atomic E-state index is 5.35. The van der Waals surface area contributed by atoms with Crippen molar-refractivity contribution in [3.05, 3.63) is 28.2 Å². The van der Waals surface area contributed by atoms with E-state index in [1.54, 1.807) is 7.11 Å². The number of methoxy groups -OCH3 is 1. The molecule has 1 heterocycles. The quantitative estimate of drug-likeness (QED) is 0.869. The summed E-state index contributed by atoms with van der Waals surface area (Å²) in [5.74, 6) is 0. The van der Waals surface area contributed by atoms with Crippen molar-refractivity contribution in [1.29, 1.82) is 0 Å². The van der Waals surface area contributed by atoms with Gasteiger partial charge in [-0.1, -0.05) is 22.0 Å². The Bertz CT molecular complexity index is 395. The van der Waals surface area contributed by atoms with Gasteiger partial charge in [-0.2, -0.15) is 0 Å². The predicted octanol–water partition coefficient (Wildman–Crippen LogP) is 2.34. The molecule has 4 nitrogen and oxygen atoms in total. The van der Waals surface area contributed by atoms with Gasteiger partial charge < -0.3 is 14.8 Å². The van der Waals surface area contributed by atoms with Crippen LogP contribution in [0.15, 0.2) is 22.7 Å². The molecule has 2 rings (SSSR count). The topological polar surface area (TPSA) is 33.7 Å². The summed E-state index contributed by atoms with van der Waals surface area (Å²) in [6, 6.07) is 6.18. The van der Waals surface area contributed by atoms with Crippen LogP contribution in [-0.2, 0) is 16.1 Å². The Kier molecular flexibility index (Phi) is 6.10. The van der Waals surface area contributed by atoms with Crippen LogP contribution in [0.3, 0.4) is 0 Å². The summed E-state index contributed by atoms with van der Waals surface area (Å²) in [6.07, 6.45) is 0. The molecule has 0 amide bonds. The molecular weight excluding hydrogens is 308 g/mol. The van der Waals surface area contributed by atoms with Crippen LogP contribution >= 0.6 is 15.9 Å². The number of ether oxygens (including phenoxy) is 2. The van der Waals surface area contributed by atoms with Crippen molar-refractivity contribution in [1.82, 2.24) is 4.90 Å². The van der Waals surface area contributed by atoms with E-state index >= 15 is 0 Å². The Morgan fingerprint density at radius 1 is 1.37 bits per heavy atom. The molecule has 0 atom stereocenters. The van der Waals surface area contributed by atoms with Crippen molar-refractivity contribution in [2.75, 3.05) is 51.8 Å². The van der Waals surface area contributed by atoms with Gasteiger partial charge in [-0.25, -0.2) is 0 Å². The second kappa shape index (κ2) is 7.85. The molecule has 0 aliphatic carbocycles. The summed E-state index contributed by atoms with van der Waals surface area (Å²) in [5, 5.41) is 3.49. The molecule has 0 unspecified atom stereocenters. The fraction of sp³-hybridized carbons (Fsp3) is 0.571. The van der Waals surface area contributed by atoms with Crippen LogP contribution in [0, 0.1) is 0 Å². The normalized spacial score (nSPS) is 16.5. The van der Waals surface area contributed by atoms with Gasteiger partial charge in [-0.3, -0.25) is 4.90 Å². The van der Waals surface area contributed by atoms with E-state index in [-0.39, 0.29) is 0 Å². The highest BCUT2D eigenvalue weighted by atomic mass is 79.9. The summed E-state index contributed by atoms with van der Waals surface area (Å²) < 4.78 is 11.7. The molecule has 0 saturated carbocycles. The largest absolute Gasteiger partial charge is 0.383 e. The fourth-order valence-electron chi connectivity index (χ4n) is 2.19. The first-order valence-electron chi connectivity index (χ1n) is 6.61. The van der Waals surface area contributed by atoms with Gasteiger partial charge in [0.05, 0.1) is 19.8 Å². The molecule has 19 heavy (non-hydrogen) atoms. The van der Waals surface area contributed by atoms with Crippen LogP contribution in [0.1, 0.15) is 5.56 Å². The van der Waals surface area contributed by atoms with Gasteiger partial charge >= 0.3 is 0 Å². The van der Waals surface area contributed by atoms with E-state index < -0.39 is 0 Å². The van der Waals surface area contributed by atoms with Crippen molar-refractivity contribution in [3.63, 3.8) is 0 Å². The molecule has 0 aromatic heterocycles. The molecule has 0 radical (unpaired) electrons. The summed E-state index contributed by atoms with van der Waals surface area (Å²) in [4.78, 5) is 2.42. The van der Waals surface area contributed by atoms with E-state index in [4.69, 9.17) is 9.47 Å². The van der Waals surface area contributed by atoms with E-state index in [2.05, 4.69) is 32.2 Å². The number of nitrogens with zero attached hydrogens (tertiary/aromatic N) is 1. The first-order valence-corrected chi connectivity index (χ1v) is 7.41. The lowest BCUT2D eigenvalue weighted by Gasteiger charge is -2.26. The minimum absolute atomic E-state index is 0.612. The molecule has 5 heteroatoms. The molecule has 1 aromatic carbocycles. The number of hydrogen-bond acceptors (Lipinski definition) is 4. The zero-order valence-electron chi connectivity index (χ0n) is 11.3. The number of halogens is 1. The monoisotopic (exact) mass is 328 g/mol. The molecule has 1 saturated heterocycles. The number of nitrogens with one attached hydrogen (secondary N) is 1. The molecule has 1 aliphatic heterocycles. The maximum Gasteiger partial charge on any atom is 0.0744 e. The Morgan fingerprint density at radius 3 is 2.89 bits per heavy atom. The van der Waals surface area contributed by atoms with E-state index in [9.17, 15) is 0 Å². The Labute approximate surface area is 123 Å². The molecule has 1 aromatic rings. The lowest BCUT2D eigenvalue weighted by molar-refractivity contribution is 0.0398. The van der Waals surface area contributed by atoms with E-state index in [1.165, 1.54) is 5.56 Å². The van der Waals surface area contributed by atoms with Crippen LogP contribution in [0.25, 0.3) is 0 Å². The number of hydrogen-bond donors (Lipinski definition) is 1. The van der Waals surface area contributed by atoms with Gasteiger partial charge in [-0.15, -0.1) is 0 Å². The predicted molar refractivity (Wildman–Crippen MR) is 80.6 cm³/mol. The van der Waals surface area contributed by atoms with Gasteiger partial charge in [-0.05, 0) is 12.1 Å². The zero-order chi connectivity index (χ0) is 13.5. The summed E-state index contributed by atoms with van der Waals surface area (Å²) >= 11 is 3.57. The zero-order valence-corrected chi connectivity index (χ0v) is 12.9. The number of benzene rings is 1. The highest BCUT2D eigenvalue weighted by Gasteiger charge is 2.10. The lowest BCUT2D eigenvalue weighted by atomic mass is 10.2. The first kappa shape index (κ1) is 14.8. The van der Waals surface area contributed by atoms with Crippen molar-refractivity contribution in [3.8, 4) is 0 Å². The minimum atomic E-state index is 0.612. The van der Waals surface area contributed by atoms with E-state index in [1.807, 2.05) is 12.1 Å². The smallest absolute Gasteiger partial charge is 0.0744 e. The Hall–Kier alpha value is -0.620. The molecule has 106 valence electrons. The first-order chi connectivity index (χ1) is 9.31. The molecular formula is C14H21BrN2O2. The van der Waals surface area contributed by atoms with E-state index in [0.29, 0.717) is 6.61 Å².